The molecular formula is C24H22N2O5. The van der Waals surface area contributed by atoms with Gasteiger partial charge in [-0.05, 0) is 71.8 Å². The summed E-state index contributed by atoms with van der Waals surface area (Å²) >= 11 is 0. The Morgan fingerprint density at radius 3 is 2.32 bits per heavy atom. The van der Waals surface area contributed by atoms with E-state index in [1.165, 1.54) is 25.1 Å². The first-order chi connectivity index (χ1) is 14.9. The van der Waals surface area contributed by atoms with E-state index in [1.807, 2.05) is 36.4 Å². The smallest absolute Gasteiger partial charge is 0.331 e. The number of anilines is 1. The Kier molecular flexibility index (Phi) is 6.67. The van der Waals surface area contributed by atoms with Crippen molar-refractivity contribution in [1.82, 2.24) is 0 Å². The standard InChI is InChI=1S/C24H22N2O5/c1-15(24(29)26-20-9-6-17(7-10-20)23(25)28)31-22(27)12-4-16-3-5-19-14-21(30-2)11-8-18(19)13-16/h3-15H,1-2H3,(H2,25,28)(H,26,29)/b12-4+. The molecule has 158 valence electrons. The third-order valence-electron chi connectivity index (χ3n) is 4.58. The summed E-state index contributed by atoms with van der Waals surface area (Å²) in [6.07, 6.45) is 1.90. The first-order valence-corrected chi connectivity index (χ1v) is 9.53. The Morgan fingerprint density at radius 1 is 0.968 bits per heavy atom. The number of hydrogen-bond acceptors (Lipinski definition) is 5. The van der Waals surface area contributed by atoms with Crippen LogP contribution in [0.2, 0.25) is 0 Å². The van der Waals surface area contributed by atoms with Crippen LogP contribution in [0.1, 0.15) is 22.8 Å². The van der Waals surface area contributed by atoms with Crippen molar-refractivity contribution in [2.24, 2.45) is 5.73 Å². The van der Waals surface area contributed by atoms with E-state index in [9.17, 15) is 14.4 Å². The number of esters is 1. The molecule has 3 aromatic carbocycles. The molecule has 0 spiro atoms. The van der Waals surface area contributed by atoms with Crippen LogP contribution in [0.4, 0.5) is 5.69 Å². The van der Waals surface area contributed by atoms with E-state index in [-0.39, 0.29) is 0 Å². The van der Waals surface area contributed by atoms with Gasteiger partial charge in [-0.3, -0.25) is 9.59 Å². The molecule has 0 fully saturated rings. The average Bonchev–Trinajstić information content (AvgIpc) is 2.77. The molecule has 0 radical (unpaired) electrons. The van der Waals surface area contributed by atoms with Gasteiger partial charge in [-0.2, -0.15) is 0 Å². The van der Waals surface area contributed by atoms with Crippen LogP contribution >= 0.6 is 0 Å². The van der Waals surface area contributed by atoms with E-state index in [4.69, 9.17) is 15.2 Å². The SMILES string of the molecule is COc1ccc2cc(/C=C/C(=O)OC(C)C(=O)Nc3ccc(C(N)=O)cc3)ccc2c1. The fraction of sp³-hybridized carbons (Fsp3) is 0.125. The minimum absolute atomic E-state index is 0.329. The Morgan fingerprint density at radius 2 is 1.65 bits per heavy atom. The first-order valence-electron chi connectivity index (χ1n) is 9.53. The lowest BCUT2D eigenvalue weighted by molar-refractivity contribution is -0.148. The molecule has 0 heterocycles. The highest BCUT2D eigenvalue weighted by Gasteiger charge is 2.16. The van der Waals surface area contributed by atoms with Crippen molar-refractivity contribution in [3.05, 3.63) is 77.9 Å². The Labute approximate surface area is 179 Å². The molecule has 3 N–H and O–H groups in total. The predicted molar refractivity (Wildman–Crippen MR) is 119 cm³/mol. The second-order valence-corrected chi connectivity index (χ2v) is 6.82. The topological polar surface area (TPSA) is 108 Å². The van der Waals surface area contributed by atoms with Gasteiger partial charge in [0.15, 0.2) is 6.10 Å². The highest BCUT2D eigenvalue weighted by atomic mass is 16.5. The number of nitrogens with one attached hydrogen (secondary N) is 1. The summed E-state index contributed by atoms with van der Waals surface area (Å²) in [7, 11) is 1.62. The van der Waals surface area contributed by atoms with Gasteiger partial charge in [-0.15, -0.1) is 0 Å². The number of rotatable bonds is 7. The zero-order valence-corrected chi connectivity index (χ0v) is 17.1. The zero-order chi connectivity index (χ0) is 22.4. The molecule has 1 atom stereocenters. The quantitative estimate of drug-likeness (QED) is 0.451. The van der Waals surface area contributed by atoms with Crippen LogP contribution in [0.3, 0.4) is 0 Å². The maximum absolute atomic E-state index is 12.2. The maximum Gasteiger partial charge on any atom is 0.331 e. The number of methoxy groups -OCH3 is 1. The third-order valence-corrected chi connectivity index (χ3v) is 4.58. The molecule has 0 aliphatic heterocycles. The third kappa shape index (κ3) is 5.70. The molecule has 3 aromatic rings. The van der Waals surface area contributed by atoms with E-state index < -0.39 is 23.9 Å². The van der Waals surface area contributed by atoms with Crippen LogP contribution in [0, 0.1) is 0 Å². The van der Waals surface area contributed by atoms with Gasteiger partial charge in [0, 0.05) is 17.3 Å². The molecule has 7 nitrogen and oxygen atoms in total. The number of primary amides is 1. The van der Waals surface area contributed by atoms with Crippen molar-refractivity contribution in [3.8, 4) is 5.75 Å². The van der Waals surface area contributed by atoms with E-state index in [0.717, 1.165) is 22.1 Å². The van der Waals surface area contributed by atoms with Crippen LogP contribution in [-0.4, -0.2) is 31.0 Å². The van der Waals surface area contributed by atoms with Gasteiger partial charge in [0.1, 0.15) is 5.75 Å². The lowest BCUT2D eigenvalue weighted by Crippen LogP contribution is -2.29. The molecule has 0 aliphatic rings. The van der Waals surface area contributed by atoms with E-state index in [2.05, 4.69) is 5.32 Å². The highest BCUT2D eigenvalue weighted by molar-refractivity contribution is 5.98. The van der Waals surface area contributed by atoms with Gasteiger partial charge in [0.05, 0.1) is 7.11 Å². The largest absolute Gasteiger partial charge is 0.497 e. The lowest BCUT2D eigenvalue weighted by Gasteiger charge is -2.12. The second-order valence-electron chi connectivity index (χ2n) is 6.82. The van der Waals surface area contributed by atoms with Crippen LogP contribution in [0.5, 0.6) is 5.75 Å². The van der Waals surface area contributed by atoms with Crippen LogP contribution in [-0.2, 0) is 14.3 Å². The number of ether oxygens (including phenoxy) is 2. The van der Waals surface area contributed by atoms with Crippen molar-refractivity contribution >= 4 is 40.3 Å². The average molecular weight is 418 g/mol. The summed E-state index contributed by atoms with van der Waals surface area (Å²) in [6.45, 7) is 1.47. The number of carbonyl (C=O) groups excluding carboxylic acids is 3. The Bertz CT molecular complexity index is 1150. The van der Waals surface area contributed by atoms with Gasteiger partial charge in [-0.1, -0.05) is 18.2 Å². The summed E-state index contributed by atoms with van der Waals surface area (Å²) in [6, 6.07) is 17.6. The first kappa shape index (κ1) is 21.6. The summed E-state index contributed by atoms with van der Waals surface area (Å²) in [4.78, 5) is 35.4. The molecule has 1 unspecified atom stereocenters. The Hall–Kier alpha value is -4.13. The summed E-state index contributed by atoms with van der Waals surface area (Å²) in [5, 5.41) is 4.64. The monoisotopic (exact) mass is 418 g/mol. The summed E-state index contributed by atoms with van der Waals surface area (Å²) in [5.74, 6) is -0.914. The number of fused-ring (bicyclic) bond motifs is 1. The van der Waals surface area contributed by atoms with Crippen LogP contribution in [0.15, 0.2) is 66.7 Å². The molecule has 0 bridgehead atoms. The zero-order valence-electron chi connectivity index (χ0n) is 17.1. The molecule has 31 heavy (non-hydrogen) atoms. The predicted octanol–water partition coefficient (Wildman–Crippen LogP) is 3.53. The molecule has 0 saturated carbocycles. The summed E-state index contributed by atoms with van der Waals surface area (Å²) < 4.78 is 10.4. The normalized spacial score (nSPS) is 11.8. The van der Waals surface area contributed by atoms with E-state index in [1.54, 1.807) is 25.3 Å². The minimum Gasteiger partial charge on any atom is -0.497 e. The van der Waals surface area contributed by atoms with E-state index >= 15 is 0 Å². The van der Waals surface area contributed by atoms with Gasteiger partial charge in [-0.25, -0.2) is 4.79 Å². The van der Waals surface area contributed by atoms with Crippen molar-refractivity contribution in [3.63, 3.8) is 0 Å². The fourth-order valence-electron chi connectivity index (χ4n) is 2.87. The van der Waals surface area contributed by atoms with Crippen molar-refractivity contribution < 1.29 is 23.9 Å². The van der Waals surface area contributed by atoms with Crippen molar-refractivity contribution in [2.75, 3.05) is 12.4 Å². The van der Waals surface area contributed by atoms with Gasteiger partial charge < -0.3 is 20.5 Å². The van der Waals surface area contributed by atoms with Gasteiger partial charge in [0.2, 0.25) is 5.91 Å². The van der Waals surface area contributed by atoms with Gasteiger partial charge in [0.25, 0.3) is 5.91 Å². The number of nitrogens with two attached hydrogens (primary N) is 1. The summed E-state index contributed by atoms with van der Waals surface area (Å²) in [5.41, 5.74) is 6.79. The van der Waals surface area contributed by atoms with Gasteiger partial charge >= 0.3 is 5.97 Å². The van der Waals surface area contributed by atoms with E-state index in [0.29, 0.717) is 11.3 Å². The van der Waals surface area contributed by atoms with Crippen LogP contribution in [0.25, 0.3) is 16.8 Å². The molecule has 0 aromatic heterocycles. The van der Waals surface area contributed by atoms with Crippen molar-refractivity contribution in [2.45, 2.75) is 13.0 Å². The molecular weight excluding hydrogens is 396 g/mol. The fourth-order valence-corrected chi connectivity index (χ4v) is 2.87. The molecule has 3 rings (SSSR count). The Balaban J connectivity index is 1.57. The highest BCUT2D eigenvalue weighted by Crippen LogP contribution is 2.22. The molecule has 7 heteroatoms. The lowest BCUT2D eigenvalue weighted by atomic mass is 10.1. The molecule has 2 amide bonds. The minimum atomic E-state index is -1.00. The number of hydrogen-bond donors (Lipinski definition) is 2. The van der Waals surface area contributed by atoms with Crippen LogP contribution < -0.4 is 15.8 Å². The molecule has 0 saturated heterocycles. The maximum atomic E-state index is 12.2. The number of amides is 2. The molecule has 0 aliphatic carbocycles. The second kappa shape index (κ2) is 9.58. The van der Waals surface area contributed by atoms with Crippen molar-refractivity contribution in [1.29, 1.82) is 0 Å². The number of benzene rings is 3. The number of carbonyl (C=O) groups is 3.